The summed E-state index contributed by atoms with van der Waals surface area (Å²) in [5, 5.41) is 0.399. The molecule has 1 unspecified atom stereocenters. The van der Waals surface area contributed by atoms with E-state index in [-0.39, 0.29) is 11.9 Å². The molecule has 0 N–H and O–H groups in total. The Hall–Kier alpha value is -1.87. The first-order valence-electron chi connectivity index (χ1n) is 6.63. The zero-order valence-electron chi connectivity index (χ0n) is 11.2. The van der Waals surface area contributed by atoms with E-state index in [1.807, 2.05) is 19.2 Å². The van der Waals surface area contributed by atoms with E-state index in [0.29, 0.717) is 10.7 Å². The summed E-state index contributed by atoms with van der Waals surface area (Å²) >= 11 is 5.75. The van der Waals surface area contributed by atoms with Crippen LogP contribution in [-0.4, -0.2) is 22.8 Å². The van der Waals surface area contributed by atoms with Gasteiger partial charge in [-0.05, 0) is 36.1 Å². The SMILES string of the molecule is CN(C(=O)c1ccc(Cl)nc1)C1CCc2ccccc21. The van der Waals surface area contributed by atoms with Gasteiger partial charge in [0, 0.05) is 13.2 Å². The molecule has 102 valence electrons. The quantitative estimate of drug-likeness (QED) is 0.792. The molecule has 0 spiro atoms. The standard InChI is InChI=1S/C16H15ClN2O/c1-19(16(20)12-7-9-15(17)18-10-12)14-8-6-11-4-2-3-5-13(11)14/h2-5,7,9-10,14H,6,8H2,1H3. The topological polar surface area (TPSA) is 33.2 Å². The van der Waals surface area contributed by atoms with Crippen LogP contribution < -0.4 is 0 Å². The highest BCUT2D eigenvalue weighted by molar-refractivity contribution is 6.29. The van der Waals surface area contributed by atoms with Gasteiger partial charge in [0.05, 0.1) is 11.6 Å². The molecule has 1 aromatic carbocycles. The van der Waals surface area contributed by atoms with E-state index < -0.39 is 0 Å². The van der Waals surface area contributed by atoms with Crippen molar-refractivity contribution in [1.82, 2.24) is 9.88 Å². The van der Waals surface area contributed by atoms with Crippen LogP contribution in [0, 0.1) is 0 Å². The molecule has 1 aliphatic rings. The number of benzene rings is 1. The fourth-order valence-corrected chi connectivity index (χ4v) is 2.90. The second-order valence-electron chi connectivity index (χ2n) is 5.04. The van der Waals surface area contributed by atoms with Crippen LogP contribution in [0.5, 0.6) is 0 Å². The van der Waals surface area contributed by atoms with Crippen molar-refractivity contribution in [3.05, 3.63) is 64.4 Å². The third-order valence-corrected chi connectivity index (χ3v) is 4.09. The van der Waals surface area contributed by atoms with Crippen LogP contribution in [0.2, 0.25) is 5.15 Å². The summed E-state index contributed by atoms with van der Waals surface area (Å²) in [6.45, 7) is 0. The molecule has 1 aliphatic carbocycles. The van der Waals surface area contributed by atoms with Gasteiger partial charge in [0.15, 0.2) is 0 Å². The minimum Gasteiger partial charge on any atom is -0.335 e. The maximum atomic E-state index is 12.5. The highest BCUT2D eigenvalue weighted by Gasteiger charge is 2.28. The number of aryl methyl sites for hydroxylation is 1. The first kappa shape index (κ1) is 13.1. The van der Waals surface area contributed by atoms with Gasteiger partial charge in [-0.15, -0.1) is 0 Å². The molecule has 2 aromatic rings. The number of carbonyl (C=O) groups is 1. The van der Waals surface area contributed by atoms with Crippen LogP contribution in [-0.2, 0) is 6.42 Å². The summed E-state index contributed by atoms with van der Waals surface area (Å²) in [5.41, 5.74) is 3.16. The Labute approximate surface area is 123 Å². The minimum atomic E-state index is -0.0177. The number of fused-ring (bicyclic) bond motifs is 1. The van der Waals surface area contributed by atoms with E-state index in [0.717, 1.165) is 12.8 Å². The van der Waals surface area contributed by atoms with Crippen LogP contribution in [0.15, 0.2) is 42.6 Å². The Bertz CT molecular complexity index is 639. The molecule has 1 atom stereocenters. The monoisotopic (exact) mass is 286 g/mol. The van der Waals surface area contributed by atoms with Crippen molar-refractivity contribution >= 4 is 17.5 Å². The van der Waals surface area contributed by atoms with Gasteiger partial charge in [-0.25, -0.2) is 4.98 Å². The second-order valence-corrected chi connectivity index (χ2v) is 5.43. The lowest BCUT2D eigenvalue weighted by Crippen LogP contribution is -2.30. The zero-order valence-corrected chi connectivity index (χ0v) is 12.0. The van der Waals surface area contributed by atoms with Crippen LogP contribution in [0.3, 0.4) is 0 Å². The van der Waals surface area contributed by atoms with Crippen molar-refractivity contribution in [2.75, 3.05) is 7.05 Å². The smallest absolute Gasteiger partial charge is 0.255 e. The van der Waals surface area contributed by atoms with Gasteiger partial charge < -0.3 is 4.90 Å². The minimum absolute atomic E-state index is 0.0177. The third kappa shape index (κ3) is 2.29. The van der Waals surface area contributed by atoms with Crippen LogP contribution in [0.4, 0.5) is 0 Å². The molecule has 0 radical (unpaired) electrons. The Morgan fingerprint density at radius 1 is 1.30 bits per heavy atom. The Morgan fingerprint density at radius 2 is 2.10 bits per heavy atom. The van der Waals surface area contributed by atoms with Crippen molar-refractivity contribution < 1.29 is 4.79 Å². The molecular weight excluding hydrogens is 272 g/mol. The Morgan fingerprint density at radius 3 is 2.85 bits per heavy atom. The number of hydrogen-bond acceptors (Lipinski definition) is 2. The van der Waals surface area contributed by atoms with Crippen molar-refractivity contribution in [2.45, 2.75) is 18.9 Å². The summed E-state index contributed by atoms with van der Waals surface area (Å²) in [7, 11) is 1.85. The number of halogens is 1. The van der Waals surface area contributed by atoms with E-state index in [9.17, 15) is 4.79 Å². The molecule has 0 saturated heterocycles. The molecular formula is C16H15ClN2O. The van der Waals surface area contributed by atoms with Gasteiger partial charge in [0.25, 0.3) is 5.91 Å². The average Bonchev–Trinajstić information content (AvgIpc) is 2.90. The molecule has 0 saturated carbocycles. The first-order valence-corrected chi connectivity index (χ1v) is 7.01. The molecule has 4 heteroatoms. The largest absolute Gasteiger partial charge is 0.335 e. The van der Waals surface area contributed by atoms with E-state index in [2.05, 4.69) is 17.1 Å². The second kappa shape index (κ2) is 5.25. The number of pyridine rings is 1. The van der Waals surface area contributed by atoms with Gasteiger partial charge in [-0.2, -0.15) is 0 Å². The van der Waals surface area contributed by atoms with Crippen molar-refractivity contribution in [1.29, 1.82) is 0 Å². The predicted molar refractivity (Wildman–Crippen MR) is 78.8 cm³/mol. The number of rotatable bonds is 2. The normalized spacial score (nSPS) is 16.8. The molecule has 3 nitrogen and oxygen atoms in total. The number of carbonyl (C=O) groups excluding carboxylic acids is 1. The van der Waals surface area contributed by atoms with Gasteiger partial charge in [0.2, 0.25) is 0 Å². The zero-order chi connectivity index (χ0) is 14.1. The predicted octanol–water partition coefficient (Wildman–Crippen LogP) is 3.49. The van der Waals surface area contributed by atoms with Gasteiger partial charge in [-0.1, -0.05) is 35.9 Å². The van der Waals surface area contributed by atoms with Crippen LogP contribution >= 0.6 is 11.6 Å². The van der Waals surface area contributed by atoms with Crippen molar-refractivity contribution in [3.8, 4) is 0 Å². The first-order chi connectivity index (χ1) is 9.66. The Balaban J connectivity index is 1.85. The van der Waals surface area contributed by atoms with E-state index >= 15 is 0 Å². The van der Waals surface area contributed by atoms with Gasteiger partial charge in [0.1, 0.15) is 5.15 Å². The highest BCUT2D eigenvalue weighted by Crippen LogP contribution is 2.35. The number of amides is 1. The maximum absolute atomic E-state index is 12.5. The molecule has 0 aliphatic heterocycles. The molecule has 0 fully saturated rings. The summed E-state index contributed by atoms with van der Waals surface area (Å²) < 4.78 is 0. The molecule has 0 bridgehead atoms. The third-order valence-electron chi connectivity index (χ3n) is 3.86. The van der Waals surface area contributed by atoms with E-state index in [1.54, 1.807) is 17.0 Å². The lowest BCUT2D eigenvalue weighted by atomic mass is 10.1. The number of aromatic nitrogens is 1. The highest BCUT2D eigenvalue weighted by atomic mass is 35.5. The van der Waals surface area contributed by atoms with Gasteiger partial charge >= 0.3 is 0 Å². The summed E-state index contributed by atoms with van der Waals surface area (Å²) in [6, 6.07) is 11.8. The van der Waals surface area contributed by atoms with Crippen LogP contribution in [0.1, 0.15) is 33.9 Å². The summed E-state index contributed by atoms with van der Waals surface area (Å²) in [6.07, 6.45) is 3.53. The molecule has 20 heavy (non-hydrogen) atoms. The summed E-state index contributed by atoms with van der Waals surface area (Å²) in [5.74, 6) is -0.0177. The number of nitrogens with zero attached hydrogens (tertiary/aromatic N) is 2. The summed E-state index contributed by atoms with van der Waals surface area (Å²) in [4.78, 5) is 18.3. The lowest BCUT2D eigenvalue weighted by Gasteiger charge is -2.25. The molecule has 1 amide bonds. The van der Waals surface area contributed by atoms with Crippen molar-refractivity contribution in [3.63, 3.8) is 0 Å². The van der Waals surface area contributed by atoms with E-state index in [1.165, 1.54) is 17.3 Å². The molecule has 3 rings (SSSR count). The van der Waals surface area contributed by atoms with Crippen LogP contribution in [0.25, 0.3) is 0 Å². The van der Waals surface area contributed by atoms with Crippen molar-refractivity contribution in [2.24, 2.45) is 0 Å². The maximum Gasteiger partial charge on any atom is 0.255 e. The Kier molecular flexibility index (Phi) is 3.45. The fraction of sp³-hybridized carbons (Fsp3) is 0.250. The average molecular weight is 287 g/mol. The molecule has 1 heterocycles. The number of hydrogen-bond donors (Lipinski definition) is 0. The van der Waals surface area contributed by atoms with E-state index in [4.69, 9.17) is 11.6 Å². The lowest BCUT2D eigenvalue weighted by molar-refractivity contribution is 0.0730. The van der Waals surface area contributed by atoms with Gasteiger partial charge in [-0.3, -0.25) is 4.79 Å². The fourth-order valence-electron chi connectivity index (χ4n) is 2.78. The molecule has 1 aromatic heterocycles.